The second-order valence-corrected chi connectivity index (χ2v) is 5.50. The molecule has 2 atom stereocenters. The van der Waals surface area contributed by atoms with Crippen LogP contribution in [0.5, 0.6) is 0 Å². The molecule has 4 nitrogen and oxygen atoms in total. The summed E-state index contributed by atoms with van der Waals surface area (Å²) in [5.41, 5.74) is 1.16. The van der Waals surface area contributed by atoms with Gasteiger partial charge in [0.05, 0.1) is 31.6 Å². The van der Waals surface area contributed by atoms with E-state index in [1.54, 1.807) is 13.4 Å². The minimum Gasteiger partial charge on any atom is -0.468 e. The van der Waals surface area contributed by atoms with Crippen LogP contribution in [0.3, 0.4) is 0 Å². The molecule has 2 rings (SSSR count). The fraction of sp³-hybridized carbons (Fsp3) is 0.750. The predicted octanol–water partition coefficient (Wildman–Crippen LogP) is 3.25. The molecule has 0 saturated heterocycles. The Kier molecular flexibility index (Phi) is 6.57. The Morgan fingerprint density at radius 1 is 1.35 bits per heavy atom. The first kappa shape index (κ1) is 15.5. The standard InChI is InChI=1S/C16H27NO3/c1-3-8-17-11-16-13(7-9-19-16)12-20-15-6-4-5-14(10-15)18-2/h7,9,14-15,17H,3-6,8,10-12H2,1-2H3. The van der Waals surface area contributed by atoms with Gasteiger partial charge in [-0.15, -0.1) is 0 Å². The van der Waals surface area contributed by atoms with E-state index in [0.717, 1.165) is 50.1 Å². The molecule has 2 unspecified atom stereocenters. The summed E-state index contributed by atoms with van der Waals surface area (Å²) in [6, 6.07) is 2.01. The summed E-state index contributed by atoms with van der Waals surface area (Å²) < 4.78 is 17.0. The molecule has 1 aromatic heterocycles. The third kappa shape index (κ3) is 4.62. The Morgan fingerprint density at radius 3 is 3.00 bits per heavy atom. The lowest BCUT2D eigenvalue weighted by atomic mass is 9.95. The van der Waals surface area contributed by atoms with Gasteiger partial charge in [-0.25, -0.2) is 0 Å². The highest BCUT2D eigenvalue weighted by atomic mass is 16.5. The maximum atomic E-state index is 6.04. The number of hydrogen-bond donors (Lipinski definition) is 1. The molecule has 0 bridgehead atoms. The highest BCUT2D eigenvalue weighted by molar-refractivity contribution is 5.15. The van der Waals surface area contributed by atoms with Crippen LogP contribution < -0.4 is 5.32 Å². The van der Waals surface area contributed by atoms with Gasteiger partial charge in [0.2, 0.25) is 0 Å². The molecule has 1 N–H and O–H groups in total. The first-order valence-corrected chi connectivity index (χ1v) is 7.73. The van der Waals surface area contributed by atoms with Gasteiger partial charge in [0.15, 0.2) is 0 Å². The molecule has 1 heterocycles. The summed E-state index contributed by atoms with van der Waals surface area (Å²) in [6.45, 7) is 4.60. The van der Waals surface area contributed by atoms with Gasteiger partial charge in [0, 0.05) is 12.7 Å². The zero-order valence-electron chi connectivity index (χ0n) is 12.7. The Labute approximate surface area is 121 Å². The minimum absolute atomic E-state index is 0.319. The Balaban J connectivity index is 1.77. The molecule has 0 radical (unpaired) electrons. The van der Waals surface area contributed by atoms with Crippen LogP contribution in [0, 0.1) is 0 Å². The molecule has 0 spiro atoms. The monoisotopic (exact) mass is 281 g/mol. The number of rotatable bonds is 8. The van der Waals surface area contributed by atoms with E-state index in [2.05, 4.69) is 12.2 Å². The molecular formula is C16H27NO3. The van der Waals surface area contributed by atoms with Crippen molar-refractivity contribution in [1.82, 2.24) is 5.32 Å². The van der Waals surface area contributed by atoms with Crippen LogP contribution in [-0.4, -0.2) is 25.9 Å². The number of nitrogens with one attached hydrogen (secondary N) is 1. The van der Waals surface area contributed by atoms with Crippen molar-refractivity contribution in [3.05, 3.63) is 23.7 Å². The Hall–Kier alpha value is -0.840. The zero-order valence-corrected chi connectivity index (χ0v) is 12.7. The molecule has 0 aliphatic heterocycles. The molecule has 0 aromatic carbocycles. The van der Waals surface area contributed by atoms with Crippen molar-refractivity contribution in [3.8, 4) is 0 Å². The largest absolute Gasteiger partial charge is 0.468 e. The molecule has 1 aromatic rings. The predicted molar refractivity (Wildman–Crippen MR) is 78.5 cm³/mol. The molecular weight excluding hydrogens is 254 g/mol. The van der Waals surface area contributed by atoms with Crippen LogP contribution in [0.2, 0.25) is 0 Å². The van der Waals surface area contributed by atoms with E-state index >= 15 is 0 Å². The molecule has 1 aliphatic carbocycles. The van der Waals surface area contributed by atoms with Crippen LogP contribution >= 0.6 is 0 Å². The van der Waals surface area contributed by atoms with Crippen LogP contribution in [0.15, 0.2) is 16.7 Å². The first-order chi connectivity index (χ1) is 9.83. The van der Waals surface area contributed by atoms with Crippen molar-refractivity contribution >= 4 is 0 Å². The Morgan fingerprint density at radius 2 is 2.20 bits per heavy atom. The summed E-state index contributed by atoms with van der Waals surface area (Å²) in [7, 11) is 1.79. The molecule has 1 saturated carbocycles. The topological polar surface area (TPSA) is 43.6 Å². The second kappa shape index (κ2) is 8.45. The van der Waals surface area contributed by atoms with E-state index in [1.807, 2.05) is 6.07 Å². The van der Waals surface area contributed by atoms with E-state index < -0.39 is 0 Å². The van der Waals surface area contributed by atoms with Gasteiger partial charge in [-0.3, -0.25) is 0 Å². The summed E-state index contributed by atoms with van der Waals surface area (Å²) >= 11 is 0. The third-order valence-corrected chi connectivity index (χ3v) is 3.94. The van der Waals surface area contributed by atoms with Crippen LogP contribution in [0.1, 0.15) is 50.4 Å². The normalized spacial score (nSPS) is 23.1. The Bertz CT molecular complexity index is 378. The molecule has 0 amide bonds. The lowest BCUT2D eigenvalue weighted by Crippen LogP contribution is -2.27. The average molecular weight is 281 g/mol. The maximum Gasteiger partial charge on any atom is 0.123 e. The van der Waals surface area contributed by atoms with Crippen LogP contribution in [0.25, 0.3) is 0 Å². The first-order valence-electron chi connectivity index (χ1n) is 7.73. The number of ether oxygens (including phenoxy) is 2. The number of furan rings is 1. The van der Waals surface area contributed by atoms with Gasteiger partial charge in [0.1, 0.15) is 5.76 Å². The van der Waals surface area contributed by atoms with Gasteiger partial charge < -0.3 is 19.2 Å². The molecule has 1 aliphatic rings. The third-order valence-electron chi connectivity index (χ3n) is 3.94. The number of hydrogen-bond acceptors (Lipinski definition) is 4. The van der Waals surface area contributed by atoms with Crippen molar-refractivity contribution in [2.45, 2.75) is 64.4 Å². The van der Waals surface area contributed by atoms with Crippen LogP contribution in [-0.2, 0) is 22.6 Å². The average Bonchev–Trinajstić information content (AvgIpc) is 2.93. The fourth-order valence-corrected chi connectivity index (χ4v) is 2.70. The fourth-order valence-electron chi connectivity index (χ4n) is 2.70. The highest BCUT2D eigenvalue weighted by Gasteiger charge is 2.22. The van der Waals surface area contributed by atoms with E-state index in [1.165, 1.54) is 6.42 Å². The summed E-state index contributed by atoms with van der Waals surface area (Å²) in [4.78, 5) is 0. The van der Waals surface area contributed by atoms with Gasteiger partial charge >= 0.3 is 0 Å². The second-order valence-electron chi connectivity index (χ2n) is 5.50. The number of methoxy groups -OCH3 is 1. The molecule has 114 valence electrons. The molecule has 4 heteroatoms. The van der Waals surface area contributed by atoms with Gasteiger partial charge in [-0.1, -0.05) is 6.92 Å². The van der Waals surface area contributed by atoms with Crippen molar-refractivity contribution in [2.24, 2.45) is 0 Å². The molecule has 1 fully saturated rings. The van der Waals surface area contributed by atoms with E-state index in [4.69, 9.17) is 13.9 Å². The van der Waals surface area contributed by atoms with Crippen molar-refractivity contribution in [2.75, 3.05) is 13.7 Å². The van der Waals surface area contributed by atoms with Crippen molar-refractivity contribution in [1.29, 1.82) is 0 Å². The lowest BCUT2D eigenvalue weighted by Gasteiger charge is -2.28. The SMILES string of the molecule is CCCNCc1occc1COC1CCCC(OC)C1. The maximum absolute atomic E-state index is 6.04. The molecule has 20 heavy (non-hydrogen) atoms. The minimum atomic E-state index is 0.319. The van der Waals surface area contributed by atoms with Gasteiger partial charge in [-0.05, 0) is 44.7 Å². The van der Waals surface area contributed by atoms with Gasteiger partial charge in [-0.2, -0.15) is 0 Å². The van der Waals surface area contributed by atoms with Gasteiger partial charge in [0.25, 0.3) is 0 Å². The smallest absolute Gasteiger partial charge is 0.123 e. The van der Waals surface area contributed by atoms with E-state index in [0.29, 0.717) is 18.8 Å². The summed E-state index contributed by atoms with van der Waals surface area (Å²) in [5.74, 6) is 0.998. The summed E-state index contributed by atoms with van der Waals surface area (Å²) in [5, 5.41) is 3.36. The van der Waals surface area contributed by atoms with Crippen molar-refractivity contribution < 1.29 is 13.9 Å². The van der Waals surface area contributed by atoms with E-state index in [-0.39, 0.29) is 0 Å². The van der Waals surface area contributed by atoms with Crippen LogP contribution in [0.4, 0.5) is 0 Å². The summed E-state index contributed by atoms with van der Waals surface area (Å²) in [6.07, 6.45) is 8.07. The van der Waals surface area contributed by atoms with E-state index in [9.17, 15) is 0 Å². The highest BCUT2D eigenvalue weighted by Crippen LogP contribution is 2.24. The zero-order chi connectivity index (χ0) is 14.2. The lowest BCUT2D eigenvalue weighted by molar-refractivity contribution is -0.0366. The van der Waals surface area contributed by atoms with Crippen molar-refractivity contribution in [3.63, 3.8) is 0 Å². The quantitative estimate of drug-likeness (QED) is 0.743.